The molecule has 0 aromatic heterocycles. The number of hydrogen-bond donors (Lipinski definition) is 2. The van der Waals surface area contributed by atoms with Crippen LogP contribution in [0.4, 0.5) is 0 Å². The van der Waals surface area contributed by atoms with Crippen LogP contribution in [-0.4, -0.2) is 24.9 Å². The molecule has 0 aliphatic carbocycles. The van der Waals surface area contributed by atoms with Crippen molar-refractivity contribution in [3.05, 3.63) is 12.3 Å². The molecule has 0 aliphatic heterocycles. The largest absolute Gasteiger partial charge is 0.377 e. The zero-order valence-corrected chi connectivity index (χ0v) is 12.2. The molecule has 0 spiro atoms. The fourth-order valence-corrected chi connectivity index (χ4v) is 1.66. The third-order valence-corrected chi connectivity index (χ3v) is 2.97. The fraction of sp³-hybridized carbons (Fsp3) is 0.786. The Morgan fingerprint density at radius 1 is 1.35 bits per heavy atom. The van der Waals surface area contributed by atoms with Crippen LogP contribution in [0, 0.1) is 5.41 Å². The molecule has 0 aromatic carbocycles. The van der Waals surface area contributed by atoms with E-state index in [1.165, 1.54) is 0 Å². The van der Waals surface area contributed by atoms with Crippen molar-refractivity contribution in [3.8, 4) is 0 Å². The Balaban J connectivity index is 4.73. The van der Waals surface area contributed by atoms with Crippen molar-refractivity contribution < 1.29 is 4.79 Å². The lowest BCUT2D eigenvalue weighted by Crippen LogP contribution is -2.48. The Hall–Kier alpha value is -0.830. The molecule has 0 saturated carbocycles. The highest BCUT2D eigenvalue weighted by Gasteiger charge is 2.31. The van der Waals surface area contributed by atoms with Gasteiger partial charge in [0, 0.05) is 18.2 Å². The summed E-state index contributed by atoms with van der Waals surface area (Å²) >= 11 is 0. The molecular formula is C14H28N2O. The van der Waals surface area contributed by atoms with E-state index in [1.54, 1.807) is 0 Å². The first kappa shape index (κ1) is 16.2. The molecule has 0 aliphatic rings. The molecule has 0 saturated heterocycles. The minimum absolute atomic E-state index is 0.0946. The summed E-state index contributed by atoms with van der Waals surface area (Å²) in [5.74, 6) is 0.268. The third-order valence-electron chi connectivity index (χ3n) is 2.97. The number of nitrogens with one attached hydrogen (secondary N) is 2. The zero-order valence-electron chi connectivity index (χ0n) is 12.2. The van der Waals surface area contributed by atoms with Crippen LogP contribution in [0.2, 0.25) is 0 Å². The second-order valence-corrected chi connectivity index (χ2v) is 5.70. The van der Waals surface area contributed by atoms with Gasteiger partial charge in [-0.1, -0.05) is 34.3 Å². The van der Waals surface area contributed by atoms with Crippen molar-refractivity contribution in [1.82, 2.24) is 10.6 Å². The van der Waals surface area contributed by atoms with Gasteiger partial charge in [0.15, 0.2) is 5.78 Å². The molecule has 0 rings (SSSR count). The van der Waals surface area contributed by atoms with Gasteiger partial charge in [0.25, 0.3) is 0 Å². The van der Waals surface area contributed by atoms with E-state index in [0.29, 0.717) is 6.42 Å². The standard InChI is InChI=1S/C14H28N2O/c1-8-9-12(17)13(14(4,5)6)16-11(3)10(2)15-7/h10,13,15-16H,3,8-9H2,1-2,4-7H3. The lowest BCUT2D eigenvalue weighted by atomic mass is 9.82. The molecule has 3 heteroatoms. The minimum Gasteiger partial charge on any atom is -0.377 e. The van der Waals surface area contributed by atoms with Gasteiger partial charge < -0.3 is 10.6 Å². The third kappa shape index (κ3) is 5.35. The van der Waals surface area contributed by atoms with Crippen molar-refractivity contribution in [2.75, 3.05) is 7.05 Å². The van der Waals surface area contributed by atoms with Crippen LogP contribution < -0.4 is 10.6 Å². The van der Waals surface area contributed by atoms with Gasteiger partial charge >= 0.3 is 0 Å². The second kappa shape index (κ2) is 6.80. The van der Waals surface area contributed by atoms with Gasteiger partial charge in [-0.15, -0.1) is 0 Å². The summed E-state index contributed by atoms with van der Waals surface area (Å²) < 4.78 is 0. The molecule has 2 unspecified atom stereocenters. The maximum atomic E-state index is 12.1. The number of carbonyl (C=O) groups excluding carboxylic acids is 1. The molecule has 2 atom stereocenters. The van der Waals surface area contributed by atoms with Gasteiger partial charge in [-0.25, -0.2) is 0 Å². The first-order chi connectivity index (χ1) is 7.73. The Morgan fingerprint density at radius 3 is 2.24 bits per heavy atom. The molecule has 2 N–H and O–H groups in total. The molecule has 0 amide bonds. The first-order valence-electron chi connectivity index (χ1n) is 6.39. The zero-order chi connectivity index (χ0) is 13.6. The number of likely N-dealkylation sites (N-methyl/N-ethyl adjacent to an activating group) is 1. The van der Waals surface area contributed by atoms with Crippen LogP contribution >= 0.6 is 0 Å². The Morgan fingerprint density at radius 2 is 1.88 bits per heavy atom. The predicted molar refractivity (Wildman–Crippen MR) is 74.0 cm³/mol. The van der Waals surface area contributed by atoms with Crippen molar-refractivity contribution in [2.24, 2.45) is 5.41 Å². The molecule has 3 nitrogen and oxygen atoms in total. The van der Waals surface area contributed by atoms with Crippen LogP contribution in [0.1, 0.15) is 47.5 Å². The Labute approximate surface area is 106 Å². The molecule has 0 aromatic rings. The average Bonchev–Trinajstić information content (AvgIpc) is 2.22. The van der Waals surface area contributed by atoms with E-state index >= 15 is 0 Å². The summed E-state index contributed by atoms with van der Waals surface area (Å²) in [4.78, 5) is 12.1. The molecule has 0 bridgehead atoms. The van der Waals surface area contributed by atoms with E-state index in [2.05, 4.69) is 38.0 Å². The van der Waals surface area contributed by atoms with Gasteiger partial charge in [0.05, 0.1) is 6.04 Å². The van der Waals surface area contributed by atoms with E-state index in [0.717, 1.165) is 12.1 Å². The van der Waals surface area contributed by atoms with Crippen LogP contribution in [0.3, 0.4) is 0 Å². The minimum atomic E-state index is -0.161. The Bertz CT molecular complexity index is 266. The van der Waals surface area contributed by atoms with Gasteiger partial charge in [0.1, 0.15) is 0 Å². The SMILES string of the molecule is C=C(NC(C(=O)CCC)C(C)(C)C)C(C)NC. The van der Waals surface area contributed by atoms with Crippen molar-refractivity contribution >= 4 is 5.78 Å². The normalized spacial score (nSPS) is 15.2. The molecule has 0 radical (unpaired) electrons. The monoisotopic (exact) mass is 240 g/mol. The van der Waals surface area contributed by atoms with E-state index in [1.807, 2.05) is 20.9 Å². The smallest absolute Gasteiger partial charge is 0.155 e. The lowest BCUT2D eigenvalue weighted by molar-refractivity contribution is -0.123. The Kier molecular flexibility index (Phi) is 6.46. The summed E-state index contributed by atoms with van der Waals surface area (Å²) in [6.45, 7) is 14.3. The number of rotatable bonds is 7. The summed E-state index contributed by atoms with van der Waals surface area (Å²) in [7, 11) is 1.89. The predicted octanol–water partition coefficient (Wildman–Crippen LogP) is 2.48. The summed E-state index contributed by atoms with van der Waals surface area (Å²) in [5, 5.41) is 6.40. The van der Waals surface area contributed by atoms with Gasteiger partial charge in [0.2, 0.25) is 0 Å². The van der Waals surface area contributed by atoms with Gasteiger partial charge in [-0.3, -0.25) is 4.79 Å². The van der Waals surface area contributed by atoms with Crippen molar-refractivity contribution in [3.63, 3.8) is 0 Å². The van der Waals surface area contributed by atoms with Crippen LogP contribution in [0.5, 0.6) is 0 Å². The molecule has 0 heterocycles. The highest BCUT2D eigenvalue weighted by atomic mass is 16.1. The van der Waals surface area contributed by atoms with E-state index in [-0.39, 0.29) is 23.3 Å². The summed E-state index contributed by atoms with van der Waals surface area (Å²) in [6.07, 6.45) is 1.51. The van der Waals surface area contributed by atoms with Crippen molar-refractivity contribution in [1.29, 1.82) is 0 Å². The summed E-state index contributed by atoms with van der Waals surface area (Å²) in [5.41, 5.74) is 0.778. The quantitative estimate of drug-likeness (QED) is 0.718. The average molecular weight is 240 g/mol. The van der Waals surface area contributed by atoms with Crippen LogP contribution in [0.25, 0.3) is 0 Å². The van der Waals surface area contributed by atoms with E-state index in [4.69, 9.17) is 0 Å². The lowest BCUT2D eigenvalue weighted by Gasteiger charge is -2.33. The van der Waals surface area contributed by atoms with Gasteiger partial charge in [-0.2, -0.15) is 0 Å². The maximum Gasteiger partial charge on any atom is 0.155 e. The number of carbonyl (C=O) groups is 1. The van der Waals surface area contributed by atoms with E-state index < -0.39 is 0 Å². The fourth-order valence-electron chi connectivity index (χ4n) is 1.66. The molecular weight excluding hydrogens is 212 g/mol. The topological polar surface area (TPSA) is 41.1 Å². The number of ketones is 1. The first-order valence-corrected chi connectivity index (χ1v) is 6.39. The second-order valence-electron chi connectivity index (χ2n) is 5.70. The molecule has 0 fully saturated rings. The molecule has 17 heavy (non-hydrogen) atoms. The van der Waals surface area contributed by atoms with Crippen LogP contribution in [0.15, 0.2) is 12.3 Å². The van der Waals surface area contributed by atoms with Crippen LogP contribution in [-0.2, 0) is 4.79 Å². The van der Waals surface area contributed by atoms with Gasteiger partial charge in [-0.05, 0) is 25.8 Å². The highest BCUT2D eigenvalue weighted by Crippen LogP contribution is 2.22. The highest BCUT2D eigenvalue weighted by molar-refractivity contribution is 5.85. The number of hydrogen-bond acceptors (Lipinski definition) is 3. The van der Waals surface area contributed by atoms with Crippen molar-refractivity contribution in [2.45, 2.75) is 59.5 Å². The molecule has 100 valence electrons. The van der Waals surface area contributed by atoms with E-state index in [9.17, 15) is 4.79 Å². The summed E-state index contributed by atoms with van der Waals surface area (Å²) in [6, 6.07) is 0.0000246. The maximum absolute atomic E-state index is 12.1. The number of Topliss-reactive ketones (excluding diaryl/α,β-unsaturated/α-hetero) is 1.